The van der Waals surface area contributed by atoms with Crippen molar-refractivity contribution < 1.29 is 4.79 Å². The van der Waals surface area contributed by atoms with E-state index in [0.717, 1.165) is 36.8 Å². The summed E-state index contributed by atoms with van der Waals surface area (Å²) < 4.78 is 0. The monoisotopic (exact) mass is 276 g/mol. The van der Waals surface area contributed by atoms with E-state index in [1.165, 1.54) is 12.8 Å². The van der Waals surface area contributed by atoms with Gasteiger partial charge in [-0.25, -0.2) is 4.98 Å². The number of pyridine rings is 1. The number of hydrogen-bond donors (Lipinski definition) is 3. The Balaban J connectivity index is 1.46. The SMILES string of the molecule is Cc1ccc(NCCCNC(=O)CNCC2CC2)nc1. The zero-order chi connectivity index (χ0) is 14.2. The summed E-state index contributed by atoms with van der Waals surface area (Å²) in [4.78, 5) is 15.8. The van der Waals surface area contributed by atoms with Crippen LogP contribution in [0.25, 0.3) is 0 Å². The molecule has 0 spiro atoms. The van der Waals surface area contributed by atoms with Gasteiger partial charge in [-0.15, -0.1) is 0 Å². The zero-order valence-electron chi connectivity index (χ0n) is 12.1. The van der Waals surface area contributed by atoms with Gasteiger partial charge >= 0.3 is 0 Å². The summed E-state index contributed by atoms with van der Waals surface area (Å²) in [7, 11) is 0. The molecule has 2 rings (SSSR count). The summed E-state index contributed by atoms with van der Waals surface area (Å²) in [6.07, 6.45) is 5.36. The molecule has 1 aliphatic carbocycles. The lowest BCUT2D eigenvalue weighted by molar-refractivity contribution is -0.120. The average Bonchev–Trinajstić information content (AvgIpc) is 3.25. The highest BCUT2D eigenvalue weighted by atomic mass is 16.1. The van der Waals surface area contributed by atoms with Gasteiger partial charge in [0.05, 0.1) is 6.54 Å². The van der Waals surface area contributed by atoms with Crippen LogP contribution in [-0.2, 0) is 4.79 Å². The molecule has 3 N–H and O–H groups in total. The lowest BCUT2D eigenvalue weighted by Gasteiger charge is -2.08. The van der Waals surface area contributed by atoms with Crippen molar-refractivity contribution in [2.75, 3.05) is 31.5 Å². The summed E-state index contributed by atoms with van der Waals surface area (Å²) in [6, 6.07) is 4.00. The van der Waals surface area contributed by atoms with Gasteiger partial charge in [0.2, 0.25) is 5.91 Å². The Morgan fingerprint density at radius 1 is 1.35 bits per heavy atom. The number of carbonyl (C=O) groups excluding carboxylic acids is 1. The van der Waals surface area contributed by atoms with E-state index in [4.69, 9.17) is 0 Å². The third-order valence-corrected chi connectivity index (χ3v) is 3.31. The van der Waals surface area contributed by atoms with Gasteiger partial charge in [-0.1, -0.05) is 6.07 Å². The molecule has 0 unspecified atom stereocenters. The Labute approximate surface area is 120 Å². The first-order valence-corrected chi connectivity index (χ1v) is 7.38. The minimum absolute atomic E-state index is 0.0825. The highest BCUT2D eigenvalue weighted by Crippen LogP contribution is 2.27. The number of aryl methyl sites for hydroxylation is 1. The first-order valence-electron chi connectivity index (χ1n) is 7.38. The molecule has 0 radical (unpaired) electrons. The van der Waals surface area contributed by atoms with E-state index < -0.39 is 0 Å². The van der Waals surface area contributed by atoms with Crippen LogP contribution in [0.5, 0.6) is 0 Å². The van der Waals surface area contributed by atoms with Crippen molar-refractivity contribution >= 4 is 11.7 Å². The first kappa shape index (κ1) is 14.8. The molecule has 0 aromatic carbocycles. The third-order valence-electron chi connectivity index (χ3n) is 3.31. The smallest absolute Gasteiger partial charge is 0.233 e. The van der Waals surface area contributed by atoms with Crippen LogP contribution in [0.3, 0.4) is 0 Å². The normalized spacial score (nSPS) is 14.1. The molecule has 1 aromatic rings. The van der Waals surface area contributed by atoms with Crippen molar-refractivity contribution in [3.8, 4) is 0 Å². The van der Waals surface area contributed by atoms with Crippen molar-refractivity contribution in [3.05, 3.63) is 23.9 Å². The van der Waals surface area contributed by atoms with E-state index in [0.29, 0.717) is 13.1 Å². The van der Waals surface area contributed by atoms with Crippen molar-refractivity contribution in [3.63, 3.8) is 0 Å². The van der Waals surface area contributed by atoms with Crippen molar-refractivity contribution in [2.24, 2.45) is 5.92 Å². The predicted molar refractivity (Wildman–Crippen MR) is 80.7 cm³/mol. The van der Waals surface area contributed by atoms with Crippen LogP contribution < -0.4 is 16.0 Å². The molecule has 1 aliphatic rings. The molecule has 0 aliphatic heterocycles. The van der Waals surface area contributed by atoms with Crippen molar-refractivity contribution in [1.29, 1.82) is 0 Å². The number of anilines is 1. The van der Waals surface area contributed by atoms with Gasteiger partial charge in [-0.05, 0) is 50.3 Å². The third kappa shape index (κ3) is 6.02. The van der Waals surface area contributed by atoms with E-state index in [-0.39, 0.29) is 5.91 Å². The van der Waals surface area contributed by atoms with Gasteiger partial charge in [0.15, 0.2) is 0 Å². The van der Waals surface area contributed by atoms with Gasteiger partial charge in [-0.2, -0.15) is 0 Å². The number of nitrogens with one attached hydrogen (secondary N) is 3. The molecule has 0 bridgehead atoms. The van der Waals surface area contributed by atoms with Crippen LogP contribution in [0.15, 0.2) is 18.3 Å². The van der Waals surface area contributed by atoms with Crippen molar-refractivity contribution in [1.82, 2.24) is 15.6 Å². The van der Waals surface area contributed by atoms with Crippen LogP contribution >= 0.6 is 0 Å². The van der Waals surface area contributed by atoms with Gasteiger partial charge in [0.25, 0.3) is 0 Å². The molecule has 20 heavy (non-hydrogen) atoms. The number of amides is 1. The van der Waals surface area contributed by atoms with E-state index in [1.54, 1.807) is 0 Å². The second kappa shape index (κ2) is 7.85. The minimum Gasteiger partial charge on any atom is -0.370 e. The van der Waals surface area contributed by atoms with Gasteiger partial charge < -0.3 is 16.0 Å². The molecular formula is C15H24N4O. The average molecular weight is 276 g/mol. The largest absolute Gasteiger partial charge is 0.370 e. The van der Waals surface area contributed by atoms with Crippen LogP contribution in [0, 0.1) is 12.8 Å². The number of aromatic nitrogens is 1. The number of nitrogens with zero attached hydrogens (tertiary/aromatic N) is 1. The molecule has 1 heterocycles. The molecule has 1 saturated carbocycles. The number of rotatable bonds is 9. The van der Waals surface area contributed by atoms with Gasteiger partial charge in [0.1, 0.15) is 5.82 Å². The van der Waals surface area contributed by atoms with E-state index >= 15 is 0 Å². The maximum Gasteiger partial charge on any atom is 0.233 e. The maximum atomic E-state index is 11.5. The molecule has 0 atom stereocenters. The summed E-state index contributed by atoms with van der Waals surface area (Å²) in [5.74, 6) is 1.78. The van der Waals surface area contributed by atoms with E-state index in [9.17, 15) is 4.79 Å². The Kier molecular flexibility index (Phi) is 5.80. The first-order chi connectivity index (χ1) is 9.74. The molecule has 1 fully saturated rings. The summed E-state index contributed by atoms with van der Waals surface area (Å²) >= 11 is 0. The lowest BCUT2D eigenvalue weighted by Crippen LogP contribution is -2.35. The molecule has 110 valence electrons. The Morgan fingerprint density at radius 2 is 2.20 bits per heavy atom. The summed E-state index contributed by atoms with van der Waals surface area (Å²) in [5, 5.41) is 9.33. The minimum atomic E-state index is 0.0825. The van der Waals surface area contributed by atoms with E-state index in [2.05, 4.69) is 20.9 Å². The fourth-order valence-corrected chi connectivity index (χ4v) is 1.88. The summed E-state index contributed by atoms with van der Waals surface area (Å²) in [6.45, 7) is 4.94. The quantitative estimate of drug-likeness (QED) is 0.595. The highest BCUT2D eigenvalue weighted by Gasteiger charge is 2.20. The van der Waals surface area contributed by atoms with Gasteiger partial charge in [0, 0.05) is 19.3 Å². The molecule has 0 saturated heterocycles. The fourth-order valence-electron chi connectivity index (χ4n) is 1.88. The van der Waals surface area contributed by atoms with Crippen LogP contribution in [0.1, 0.15) is 24.8 Å². The standard InChI is InChI=1S/C15H24N4O/c1-12-3-6-14(19-9-12)17-7-2-8-18-15(20)11-16-10-13-4-5-13/h3,6,9,13,16H,2,4-5,7-8,10-11H2,1H3,(H,17,19)(H,18,20). The highest BCUT2D eigenvalue weighted by molar-refractivity contribution is 5.77. The number of hydrogen-bond acceptors (Lipinski definition) is 4. The summed E-state index contributed by atoms with van der Waals surface area (Å²) in [5.41, 5.74) is 1.15. The molecular weight excluding hydrogens is 252 g/mol. The van der Waals surface area contributed by atoms with Gasteiger partial charge in [-0.3, -0.25) is 4.79 Å². The Hall–Kier alpha value is -1.62. The second-order valence-electron chi connectivity index (χ2n) is 5.43. The van der Waals surface area contributed by atoms with Crippen molar-refractivity contribution in [2.45, 2.75) is 26.2 Å². The number of carbonyl (C=O) groups is 1. The Bertz CT molecular complexity index is 414. The van der Waals surface area contributed by atoms with E-state index in [1.807, 2.05) is 25.3 Å². The predicted octanol–water partition coefficient (Wildman–Crippen LogP) is 1.31. The zero-order valence-corrected chi connectivity index (χ0v) is 12.1. The Morgan fingerprint density at radius 3 is 2.90 bits per heavy atom. The fraction of sp³-hybridized carbons (Fsp3) is 0.600. The molecule has 1 aromatic heterocycles. The second-order valence-corrected chi connectivity index (χ2v) is 5.43. The van der Waals surface area contributed by atoms with Crippen LogP contribution in [-0.4, -0.2) is 37.1 Å². The van der Waals surface area contributed by atoms with Crippen LogP contribution in [0.2, 0.25) is 0 Å². The molecule has 1 amide bonds. The lowest BCUT2D eigenvalue weighted by atomic mass is 10.3. The maximum absolute atomic E-state index is 11.5. The van der Waals surface area contributed by atoms with Crippen LogP contribution in [0.4, 0.5) is 5.82 Å². The topological polar surface area (TPSA) is 66.0 Å². The molecule has 5 nitrogen and oxygen atoms in total. The molecule has 5 heteroatoms.